The third-order valence-electron chi connectivity index (χ3n) is 5.18. The van der Waals surface area contributed by atoms with Crippen LogP contribution < -0.4 is 0 Å². The van der Waals surface area contributed by atoms with E-state index in [1.54, 1.807) is 0 Å². The molecule has 0 saturated heterocycles. The van der Waals surface area contributed by atoms with Crippen molar-refractivity contribution in [3.05, 3.63) is 47.5 Å². The van der Waals surface area contributed by atoms with Crippen LogP contribution >= 0.6 is 0 Å². The molecule has 0 bridgehead atoms. The SMILES string of the molecule is CCCCC[C@H]1CC[C@H](C#C/C=C/C#Cc2ccc(CC)cc2)CC1. The van der Waals surface area contributed by atoms with Gasteiger partial charge in [0.05, 0.1) is 0 Å². The van der Waals surface area contributed by atoms with Crippen molar-refractivity contribution >= 4 is 0 Å². The van der Waals surface area contributed by atoms with Crippen molar-refractivity contribution in [1.82, 2.24) is 0 Å². The summed E-state index contributed by atoms with van der Waals surface area (Å²) >= 11 is 0. The van der Waals surface area contributed by atoms with Gasteiger partial charge in [-0.2, -0.15) is 0 Å². The van der Waals surface area contributed by atoms with E-state index >= 15 is 0 Å². The summed E-state index contributed by atoms with van der Waals surface area (Å²) in [6.07, 6.45) is 15.7. The molecule has 2 rings (SSSR count). The number of unbranched alkanes of at least 4 members (excludes halogenated alkanes) is 2. The van der Waals surface area contributed by atoms with Gasteiger partial charge in [-0.25, -0.2) is 0 Å². The third kappa shape index (κ3) is 7.67. The van der Waals surface area contributed by atoms with Crippen molar-refractivity contribution in [2.75, 3.05) is 0 Å². The molecule has 0 aliphatic heterocycles. The molecule has 25 heavy (non-hydrogen) atoms. The molecular weight excluding hydrogens is 300 g/mol. The molecule has 0 spiro atoms. The van der Waals surface area contributed by atoms with Gasteiger partial charge in [0, 0.05) is 11.5 Å². The van der Waals surface area contributed by atoms with Crippen LogP contribution in [0.2, 0.25) is 0 Å². The molecule has 0 radical (unpaired) electrons. The van der Waals surface area contributed by atoms with Crippen LogP contribution in [0.1, 0.15) is 76.3 Å². The first-order valence-corrected chi connectivity index (χ1v) is 10.1. The maximum Gasteiger partial charge on any atom is 0.0249 e. The Morgan fingerprint density at radius 2 is 1.64 bits per heavy atom. The molecule has 0 nitrogen and oxygen atoms in total. The first-order valence-electron chi connectivity index (χ1n) is 10.1. The fourth-order valence-electron chi connectivity index (χ4n) is 3.48. The minimum Gasteiger partial charge on any atom is -0.0951 e. The minimum atomic E-state index is 0.599. The fourth-order valence-corrected chi connectivity index (χ4v) is 3.48. The molecule has 1 fully saturated rings. The summed E-state index contributed by atoms with van der Waals surface area (Å²) in [5.41, 5.74) is 2.42. The Kier molecular flexibility index (Phi) is 9.01. The molecule has 0 atom stereocenters. The lowest BCUT2D eigenvalue weighted by atomic mass is 9.80. The van der Waals surface area contributed by atoms with Crippen LogP contribution in [0.15, 0.2) is 36.4 Å². The summed E-state index contributed by atoms with van der Waals surface area (Å²) in [6.45, 7) is 4.45. The molecule has 0 unspecified atom stereocenters. The first kappa shape index (κ1) is 19.4. The number of hydrogen-bond donors (Lipinski definition) is 0. The van der Waals surface area contributed by atoms with Gasteiger partial charge in [0.1, 0.15) is 0 Å². The second kappa shape index (κ2) is 11.6. The Morgan fingerprint density at radius 3 is 2.32 bits per heavy atom. The van der Waals surface area contributed by atoms with E-state index in [0.717, 1.165) is 17.9 Å². The molecule has 0 amide bonds. The second-order valence-electron chi connectivity index (χ2n) is 7.16. The zero-order chi connectivity index (χ0) is 17.7. The predicted octanol–water partition coefficient (Wildman–Crippen LogP) is 6.55. The molecule has 0 heteroatoms. The normalized spacial score (nSPS) is 19.8. The van der Waals surface area contributed by atoms with Crippen molar-refractivity contribution in [3.63, 3.8) is 0 Å². The molecule has 1 saturated carbocycles. The van der Waals surface area contributed by atoms with Crippen LogP contribution in [0.25, 0.3) is 0 Å². The lowest BCUT2D eigenvalue weighted by molar-refractivity contribution is 0.294. The predicted molar refractivity (Wildman–Crippen MR) is 109 cm³/mol. The van der Waals surface area contributed by atoms with E-state index in [0.29, 0.717) is 5.92 Å². The number of benzene rings is 1. The highest BCUT2D eigenvalue weighted by atomic mass is 14.2. The summed E-state index contributed by atoms with van der Waals surface area (Å²) < 4.78 is 0. The van der Waals surface area contributed by atoms with E-state index in [4.69, 9.17) is 0 Å². The Balaban J connectivity index is 1.70. The Morgan fingerprint density at radius 1 is 0.920 bits per heavy atom. The smallest absolute Gasteiger partial charge is 0.0249 e. The average molecular weight is 333 g/mol. The highest BCUT2D eigenvalue weighted by Gasteiger charge is 2.18. The van der Waals surface area contributed by atoms with Gasteiger partial charge in [-0.1, -0.05) is 75.3 Å². The molecule has 1 aromatic carbocycles. The van der Waals surface area contributed by atoms with Crippen LogP contribution in [0.3, 0.4) is 0 Å². The van der Waals surface area contributed by atoms with Gasteiger partial charge in [0.2, 0.25) is 0 Å². The van der Waals surface area contributed by atoms with Gasteiger partial charge in [-0.15, -0.1) is 0 Å². The summed E-state index contributed by atoms with van der Waals surface area (Å²) in [5.74, 6) is 14.4. The van der Waals surface area contributed by atoms with Crippen LogP contribution in [-0.2, 0) is 6.42 Å². The molecule has 1 aliphatic carbocycles. The van der Waals surface area contributed by atoms with Crippen molar-refractivity contribution < 1.29 is 0 Å². The topological polar surface area (TPSA) is 0 Å². The van der Waals surface area contributed by atoms with E-state index in [1.165, 1.54) is 56.9 Å². The largest absolute Gasteiger partial charge is 0.0951 e. The molecule has 1 aliphatic rings. The number of allylic oxidation sites excluding steroid dienone is 2. The van der Waals surface area contributed by atoms with Gasteiger partial charge < -0.3 is 0 Å². The molecular formula is C25H32. The summed E-state index contributed by atoms with van der Waals surface area (Å²) in [7, 11) is 0. The fraction of sp³-hybridized carbons (Fsp3) is 0.520. The van der Waals surface area contributed by atoms with Gasteiger partial charge in [-0.3, -0.25) is 0 Å². The van der Waals surface area contributed by atoms with Gasteiger partial charge >= 0.3 is 0 Å². The number of aryl methyl sites for hydroxylation is 1. The molecule has 0 N–H and O–H groups in total. The lowest BCUT2D eigenvalue weighted by Gasteiger charge is -2.25. The van der Waals surface area contributed by atoms with Crippen molar-refractivity contribution in [2.24, 2.45) is 11.8 Å². The zero-order valence-corrected chi connectivity index (χ0v) is 16.0. The van der Waals surface area contributed by atoms with E-state index in [2.05, 4.69) is 61.8 Å². The van der Waals surface area contributed by atoms with Crippen molar-refractivity contribution in [3.8, 4) is 23.7 Å². The maximum absolute atomic E-state index is 3.42. The van der Waals surface area contributed by atoms with Crippen LogP contribution in [-0.4, -0.2) is 0 Å². The lowest BCUT2D eigenvalue weighted by Crippen LogP contribution is -2.13. The second-order valence-corrected chi connectivity index (χ2v) is 7.16. The van der Waals surface area contributed by atoms with Gasteiger partial charge in [-0.05, 0) is 67.9 Å². The van der Waals surface area contributed by atoms with Crippen molar-refractivity contribution in [1.29, 1.82) is 0 Å². The highest BCUT2D eigenvalue weighted by molar-refractivity contribution is 5.39. The number of rotatable bonds is 5. The molecule has 132 valence electrons. The number of hydrogen-bond acceptors (Lipinski definition) is 0. The maximum atomic E-state index is 3.42. The van der Waals surface area contributed by atoms with Crippen LogP contribution in [0, 0.1) is 35.5 Å². The zero-order valence-electron chi connectivity index (χ0n) is 16.0. The van der Waals surface area contributed by atoms with Crippen LogP contribution in [0.5, 0.6) is 0 Å². The summed E-state index contributed by atoms with van der Waals surface area (Å²) in [4.78, 5) is 0. The molecule has 1 aromatic rings. The Bertz CT molecular complexity index is 631. The van der Waals surface area contributed by atoms with Gasteiger partial charge in [0.15, 0.2) is 0 Å². The molecule has 0 aromatic heterocycles. The third-order valence-corrected chi connectivity index (χ3v) is 5.18. The van der Waals surface area contributed by atoms with E-state index in [-0.39, 0.29) is 0 Å². The monoisotopic (exact) mass is 332 g/mol. The quantitative estimate of drug-likeness (QED) is 0.424. The van der Waals surface area contributed by atoms with E-state index in [9.17, 15) is 0 Å². The Hall–Kier alpha value is -1.92. The van der Waals surface area contributed by atoms with Crippen molar-refractivity contribution in [2.45, 2.75) is 71.6 Å². The van der Waals surface area contributed by atoms with E-state index < -0.39 is 0 Å². The van der Waals surface area contributed by atoms with Gasteiger partial charge in [0.25, 0.3) is 0 Å². The Labute approximate surface area is 155 Å². The highest BCUT2D eigenvalue weighted by Crippen LogP contribution is 2.31. The minimum absolute atomic E-state index is 0.599. The summed E-state index contributed by atoms with van der Waals surface area (Å²) in [5, 5.41) is 0. The summed E-state index contributed by atoms with van der Waals surface area (Å²) in [6, 6.07) is 8.47. The molecule has 0 heterocycles. The van der Waals surface area contributed by atoms with E-state index in [1.807, 2.05) is 12.2 Å². The first-order chi connectivity index (χ1) is 12.3. The standard InChI is InChI=1S/C25H32/c1-3-5-8-11-23-18-20-25(21-19-23)13-10-7-6-9-12-24-16-14-22(4-2)15-17-24/h6-7,14-17,23,25H,3-5,8,11,18-21H2,1-2H3/b7-6+/t23-,25-. The average Bonchev–Trinajstić information content (AvgIpc) is 2.66. The van der Waals surface area contributed by atoms with Crippen LogP contribution in [0.4, 0.5) is 0 Å².